The molecule has 19 heavy (non-hydrogen) atoms. The summed E-state index contributed by atoms with van der Waals surface area (Å²) >= 11 is 3.49. The fraction of sp³-hybridized carbons (Fsp3) is 0.733. The Morgan fingerprint density at radius 3 is 2.32 bits per heavy atom. The maximum absolute atomic E-state index is 4.66. The molecule has 2 heterocycles. The molecule has 0 spiro atoms. The van der Waals surface area contributed by atoms with Crippen LogP contribution < -0.4 is 4.90 Å². The van der Waals surface area contributed by atoms with Gasteiger partial charge in [-0.15, -0.1) is 0 Å². The number of piperidine rings is 1. The molecule has 0 N–H and O–H groups in total. The number of aryl methyl sites for hydroxylation is 1. The zero-order valence-electron chi connectivity index (χ0n) is 12.2. The van der Waals surface area contributed by atoms with Crippen molar-refractivity contribution in [2.24, 2.45) is 5.41 Å². The van der Waals surface area contributed by atoms with Crippen molar-refractivity contribution in [1.29, 1.82) is 0 Å². The second kappa shape index (κ2) is 6.21. The molecule has 106 valence electrons. The van der Waals surface area contributed by atoms with Gasteiger partial charge in [-0.25, -0.2) is 9.97 Å². The molecule has 0 bridgehead atoms. The van der Waals surface area contributed by atoms with Crippen LogP contribution in [-0.2, 0) is 6.42 Å². The molecule has 0 amide bonds. The highest BCUT2D eigenvalue weighted by Crippen LogP contribution is 2.38. The molecule has 1 fully saturated rings. The first-order valence-corrected chi connectivity index (χ1v) is 8.20. The van der Waals surface area contributed by atoms with Gasteiger partial charge in [-0.2, -0.15) is 0 Å². The Bertz CT molecular complexity index is 419. The van der Waals surface area contributed by atoms with Gasteiger partial charge in [-0.3, -0.25) is 0 Å². The molecule has 1 saturated heterocycles. The third-order valence-electron chi connectivity index (χ3n) is 4.69. The molecule has 1 aliphatic rings. The number of rotatable bonds is 4. The number of aromatic nitrogens is 2. The quantitative estimate of drug-likeness (QED) is 0.776. The SMILES string of the molecule is CCc1nc(Br)cc(N2CCC(CC)(CC)CC2)n1. The van der Waals surface area contributed by atoms with Gasteiger partial charge in [-0.05, 0) is 34.2 Å². The molecule has 1 aliphatic heterocycles. The highest BCUT2D eigenvalue weighted by molar-refractivity contribution is 9.10. The number of hydrogen-bond donors (Lipinski definition) is 0. The molecule has 2 rings (SSSR count). The summed E-state index contributed by atoms with van der Waals surface area (Å²) in [6.45, 7) is 8.99. The number of hydrogen-bond acceptors (Lipinski definition) is 3. The summed E-state index contributed by atoms with van der Waals surface area (Å²) in [5, 5.41) is 0. The predicted octanol–water partition coefficient (Wildman–Crippen LogP) is 4.21. The van der Waals surface area contributed by atoms with Crippen molar-refractivity contribution in [2.45, 2.75) is 52.9 Å². The molecule has 1 aromatic rings. The number of nitrogens with zero attached hydrogens (tertiary/aromatic N) is 3. The largest absolute Gasteiger partial charge is 0.356 e. The third-order valence-corrected chi connectivity index (χ3v) is 5.10. The first-order valence-electron chi connectivity index (χ1n) is 7.41. The molecule has 3 nitrogen and oxygen atoms in total. The minimum absolute atomic E-state index is 0.564. The maximum atomic E-state index is 4.66. The Balaban J connectivity index is 2.11. The van der Waals surface area contributed by atoms with Crippen LogP contribution in [0.5, 0.6) is 0 Å². The number of anilines is 1. The van der Waals surface area contributed by atoms with Gasteiger partial charge in [0.1, 0.15) is 16.2 Å². The molecule has 1 aromatic heterocycles. The van der Waals surface area contributed by atoms with Crippen LogP contribution in [0.3, 0.4) is 0 Å². The Hall–Kier alpha value is -0.640. The van der Waals surface area contributed by atoms with E-state index >= 15 is 0 Å². The van der Waals surface area contributed by atoms with Gasteiger partial charge < -0.3 is 4.90 Å². The molecule has 0 atom stereocenters. The first-order chi connectivity index (χ1) is 9.12. The Morgan fingerprint density at radius 2 is 1.79 bits per heavy atom. The highest BCUT2D eigenvalue weighted by atomic mass is 79.9. The molecule has 0 unspecified atom stereocenters. The Labute approximate surface area is 125 Å². The van der Waals surface area contributed by atoms with Crippen molar-refractivity contribution in [1.82, 2.24) is 9.97 Å². The topological polar surface area (TPSA) is 29.0 Å². The van der Waals surface area contributed by atoms with Gasteiger partial charge in [0, 0.05) is 25.6 Å². The average Bonchev–Trinajstić information content (AvgIpc) is 2.46. The van der Waals surface area contributed by atoms with Crippen molar-refractivity contribution < 1.29 is 0 Å². The van der Waals surface area contributed by atoms with Gasteiger partial charge in [0.15, 0.2) is 0 Å². The lowest BCUT2D eigenvalue weighted by molar-refractivity contribution is 0.199. The van der Waals surface area contributed by atoms with Gasteiger partial charge in [0.2, 0.25) is 0 Å². The molecule has 0 aromatic carbocycles. The van der Waals surface area contributed by atoms with E-state index in [0.717, 1.165) is 35.8 Å². The monoisotopic (exact) mass is 325 g/mol. The summed E-state index contributed by atoms with van der Waals surface area (Å²) in [7, 11) is 0. The van der Waals surface area contributed by atoms with Crippen LogP contribution in [0.4, 0.5) is 5.82 Å². The smallest absolute Gasteiger partial charge is 0.133 e. The zero-order valence-corrected chi connectivity index (χ0v) is 13.8. The minimum atomic E-state index is 0.564. The predicted molar refractivity (Wildman–Crippen MR) is 83.6 cm³/mol. The molecular weight excluding hydrogens is 302 g/mol. The number of halogens is 1. The van der Waals surface area contributed by atoms with Crippen LogP contribution in [0, 0.1) is 5.41 Å². The average molecular weight is 326 g/mol. The van der Waals surface area contributed by atoms with E-state index in [0.29, 0.717) is 5.41 Å². The lowest BCUT2D eigenvalue weighted by Gasteiger charge is -2.41. The Kier molecular flexibility index (Phi) is 4.82. The molecule has 0 radical (unpaired) electrons. The van der Waals surface area contributed by atoms with Crippen LogP contribution in [0.25, 0.3) is 0 Å². The lowest BCUT2D eigenvalue weighted by atomic mass is 9.74. The van der Waals surface area contributed by atoms with E-state index < -0.39 is 0 Å². The standard InChI is InChI=1S/C15H24BrN3/c1-4-13-17-12(16)11-14(18-13)19-9-7-15(5-2,6-3)8-10-19/h11H,4-10H2,1-3H3. The van der Waals surface area contributed by atoms with Gasteiger partial charge in [-0.1, -0.05) is 33.6 Å². The minimum Gasteiger partial charge on any atom is -0.356 e. The van der Waals surface area contributed by atoms with Crippen molar-refractivity contribution >= 4 is 21.7 Å². The van der Waals surface area contributed by atoms with Crippen molar-refractivity contribution in [3.05, 3.63) is 16.5 Å². The van der Waals surface area contributed by atoms with E-state index in [4.69, 9.17) is 0 Å². The van der Waals surface area contributed by atoms with E-state index in [1.165, 1.54) is 25.7 Å². The van der Waals surface area contributed by atoms with Crippen LogP contribution in [-0.4, -0.2) is 23.1 Å². The van der Waals surface area contributed by atoms with Gasteiger partial charge >= 0.3 is 0 Å². The molecule has 0 aliphatic carbocycles. The van der Waals surface area contributed by atoms with E-state index in [-0.39, 0.29) is 0 Å². The van der Waals surface area contributed by atoms with Crippen LogP contribution >= 0.6 is 15.9 Å². The summed E-state index contributed by atoms with van der Waals surface area (Å²) in [5.41, 5.74) is 0.564. The van der Waals surface area contributed by atoms with Crippen molar-refractivity contribution in [3.63, 3.8) is 0 Å². The molecular formula is C15H24BrN3. The van der Waals surface area contributed by atoms with Gasteiger partial charge in [0.25, 0.3) is 0 Å². The summed E-state index contributed by atoms with van der Waals surface area (Å²) < 4.78 is 0.900. The molecule has 4 heteroatoms. The van der Waals surface area contributed by atoms with Crippen LogP contribution in [0.15, 0.2) is 10.7 Å². The maximum Gasteiger partial charge on any atom is 0.133 e. The highest BCUT2D eigenvalue weighted by Gasteiger charge is 2.31. The first kappa shape index (κ1) is 14.8. The fourth-order valence-corrected chi connectivity index (χ4v) is 3.35. The fourth-order valence-electron chi connectivity index (χ4n) is 2.94. The van der Waals surface area contributed by atoms with Crippen LogP contribution in [0.2, 0.25) is 0 Å². The van der Waals surface area contributed by atoms with Crippen molar-refractivity contribution in [2.75, 3.05) is 18.0 Å². The zero-order chi connectivity index (χ0) is 13.9. The van der Waals surface area contributed by atoms with Crippen LogP contribution in [0.1, 0.15) is 52.3 Å². The second-order valence-electron chi connectivity index (χ2n) is 5.51. The summed E-state index contributed by atoms with van der Waals surface area (Å²) in [6.07, 6.45) is 6.04. The van der Waals surface area contributed by atoms with Crippen molar-refractivity contribution in [3.8, 4) is 0 Å². The van der Waals surface area contributed by atoms with E-state index in [1.807, 2.05) is 6.07 Å². The van der Waals surface area contributed by atoms with Gasteiger partial charge in [0.05, 0.1) is 0 Å². The Morgan fingerprint density at radius 1 is 1.16 bits per heavy atom. The summed E-state index contributed by atoms with van der Waals surface area (Å²) in [6, 6.07) is 2.05. The van der Waals surface area contributed by atoms with E-state index in [1.54, 1.807) is 0 Å². The molecule has 0 saturated carbocycles. The second-order valence-corrected chi connectivity index (χ2v) is 6.33. The van der Waals surface area contributed by atoms with E-state index in [2.05, 4.69) is 51.6 Å². The van der Waals surface area contributed by atoms with E-state index in [9.17, 15) is 0 Å². The summed E-state index contributed by atoms with van der Waals surface area (Å²) in [5.74, 6) is 2.01. The summed E-state index contributed by atoms with van der Waals surface area (Å²) in [4.78, 5) is 11.5. The third kappa shape index (κ3) is 3.28. The lowest BCUT2D eigenvalue weighted by Crippen LogP contribution is -2.40. The normalized spacial score (nSPS) is 18.6.